The van der Waals surface area contributed by atoms with E-state index >= 15 is 0 Å². The molecule has 0 bridgehead atoms. The molecule has 0 radical (unpaired) electrons. The Morgan fingerprint density at radius 3 is 2.23 bits per heavy atom. The minimum Gasteiger partial charge on any atom is -0.480 e. The predicted octanol–water partition coefficient (Wildman–Crippen LogP) is 3.42. The molecule has 4 rings (SSSR count). The number of carbonyl (C=O) groups is 1. The molecule has 1 saturated carbocycles. The zero-order valence-corrected chi connectivity index (χ0v) is 19.1. The summed E-state index contributed by atoms with van der Waals surface area (Å²) in [5, 5.41) is 10.8. The first kappa shape index (κ1) is 23.5. The third kappa shape index (κ3) is 5.19. The second-order valence-corrected chi connectivity index (χ2v) is 10.4. The second-order valence-electron chi connectivity index (χ2n) is 8.53. The van der Waals surface area contributed by atoms with Gasteiger partial charge in [0, 0.05) is 43.1 Å². The summed E-state index contributed by atoms with van der Waals surface area (Å²) in [6.07, 6.45) is 7.57. The highest BCUT2D eigenvalue weighted by Gasteiger charge is 2.40. The van der Waals surface area contributed by atoms with Gasteiger partial charge in [-0.15, -0.1) is 0 Å². The summed E-state index contributed by atoms with van der Waals surface area (Å²) in [5.74, 6) is -1.09. The summed E-state index contributed by atoms with van der Waals surface area (Å²) in [6.45, 7) is 0.239. The Morgan fingerprint density at radius 2 is 1.65 bits per heavy atom. The number of fused-ring (bicyclic) bond motifs is 1. The lowest BCUT2D eigenvalue weighted by Crippen LogP contribution is -2.40. The lowest BCUT2D eigenvalue weighted by atomic mass is 9.97. The standard InChI is InChI=1S/C17H20N2O4S.C6H13N/c1-18(2)14-8-3-7-13-12(14)6-4-10-16(13)24(22,23)19-11-5-9-15(19)17(20)21;7-6-4-2-1-3-5-6/h3-4,6-8,10,15H,5,9,11H2,1-2H3,(H,20,21);6H,1-5,7H2. The van der Waals surface area contributed by atoms with Crippen molar-refractivity contribution in [3.8, 4) is 0 Å². The molecule has 0 amide bonds. The van der Waals surface area contributed by atoms with Crippen molar-refractivity contribution in [1.82, 2.24) is 4.31 Å². The van der Waals surface area contributed by atoms with Crippen molar-refractivity contribution in [2.24, 2.45) is 5.73 Å². The molecule has 0 aromatic heterocycles. The average molecular weight is 448 g/mol. The Balaban J connectivity index is 0.000000330. The minimum atomic E-state index is -3.87. The van der Waals surface area contributed by atoms with Crippen molar-refractivity contribution in [2.45, 2.75) is 61.9 Å². The van der Waals surface area contributed by atoms with E-state index in [0.717, 1.165) is 15.4 Å². The smallest absolute Gasteiger partial charge is 0.322 e. The maximum Gasteiger partial charge on any atom is 0.322 e. The molecular formula is C23H33N3O4S. The van der Waals surface area contributed by atoms with Gasteiger partial charge in [0.2, 0.25) is 10.0 Å². The zero-order valence-electron chi connectivity index (χ0n) is 18.3. The fourth-order valence-corrected chi connectivity index (χ4v) is 6.27. The molecule has 8 heteroatoms. The van der Waals surface area contributed by atoms with Gasteiger partial charge in [0.1, 0.15) is 6.04 Å². The molecule has 2 aliphatic rings. The molecule has 2 aromatic rings. The van der Waals surface area contributed by atoms with Crippen LogP contribution in [0, 0.1) is 0 Å². The van der Waals surface area contributed by atoms with E-state index in [1.807, 2.05) is 37.2 Å². The molecule has 1 aliphatic heterocycles. The van der Waals surface area contributed by atoms with Crippen LogP contribution in [0.15, 0.2) is 41.3 Å². The second kappa shape index (κ2) is 9.97. The minimum absolute atomic E-state index is 0.164. The van der Waals surface area contributed by atoms with Crippen LogP contribution in [0.25, 0.3) is 10.8 Å². The van der Waals surface area contributed by atoms with Gasteiger partial charge in [-0.05, 0) is 37.8 Å². The van der Waals surface area contributed by atoms with E-state index in [1.54, 1.807) is 18.2 Å². The molecule has 2 fully saturated rings. The van der Waals surface area contributed by atoms with Crippen LogP contribution < -0.4 is 10.6 Å². The largest absolute Gasteiger partial charge is 0.480 e. The molecule has 1 aliphatic carbocycles. The van der Waals surface area contributed by atoms with Gasteiger partial charge in [-0.2, -0.15) is 4.31 Å². The molecule has 1 atom stereocenters. The van der Waals surface area contributed by atoms with Crippen molar-refractivity contribution in [2.75, 3.05) is 25.5 Å². The number of rotatable bonds is 4. The first-order valence-electron chi connectivity index (χ1n) is 10.9. The summed E-state index contributed by atoms with van der Waals surface area (Å²) in [4.78, 5) is 13.5. The maximum atomic E-state index is 13.1. The molecule has 7 nitrogen and oxygen atoms in total. The van der Waals surface area contributed by atoms with E-state index in [1.165, 1.54) is 32.1 Å². The number of nitrogens with two attached hydrogens (primary N) is 1. The highest BCUT2D eigenvalue weighted by molar-refractivity contribution is 7.89. The summed E-state index contributed by atoms with van der Waals surface area (Å²) in [6, 6.07) is 10.2. The van der Waals surface area contributed by atoms with Crippen molar-refractivity contribution in [3.05, 3.63) is 36.4 Å². The number of hydrogen-bond acceptors (Lipinski definition) is 5. The highest BCUT2D eigenvalue weighted by atomic mass is 32.2. The fraction of sp³-hybridized carbons (Fsp3) is 0.522. The summed E-state index contributed by atoms with van der Waals surface area (Å²) in [5.41, 5.74) is 6.55. The Bertz CT molecular complexity index is 1020. The number of aliphatic carboxylic acids is 1. The average Bonchev–Trinajstić information content (AvgIpc) is 3.25. The monoisotopic (exact) mass is 447 g/mol. The van der Waals surface area contributed by atoms with Crippen LogP contribution in [0.1, 0.15) is 44.9 Å². The fourth-order valence-electron chi connectivity index (χ4n) is 4.41. The normalized spacial score (nSPS) is 20.3. The summed E-state index contributed by atoms with van der Waals surface area (Å²) in [7, 11) is -0.0686. The van der Waals surface area contributed by atoms with Crippen LogP contribution in [-0.2, 0) is 14.8 Å². The lowest BCUT2D eigenvalue weighted by Gasteiger charge is -2.23. The van der Waals surface area contributed by atoms with Crippen LogP contribution in [0.5, 0.6) is 0 Å². The first-order chi connectivity index (χ1) is 14.7. The molecule has 0 spiro atoms. The van der Waals surface area contributed by atoms with Gasteiger partial charge in [0.05, 0.1) is 4.90 Å². The van der Waals surface area contributed by atoms with E-state index < -0.39 is 22.0 Å². The van der Waals surface area contributed by atoms with Crippen LogP contribution >= 0.6 is 0 Å². The highest BCUT2D eigenvalue weighted by Crippen LogP contribution is 2.34. The number of hydrogen-bond donors (Lipinski definition) is 2. The van der Waals surface area contributed by atoms with Crippen LogP contribution in [0.4, 0.5) is 5.69 Å². The molecule has 1 heterocycles. The first-order valence-corrected chi connectivity index (χ1v) is 12.4. The van der Waals surface area contributed by atoms with Gasteiger partial charge >= 0.3 is 5.97 Å². The van der Waals surface area contributed by atoms with Gasteiger partial charge in [-0.1, -0.05) is 43.5 Å². The van der Waals surface area contributed by atoms with Crippen molar-refractivity contribution >= 4 is 32.5 Å². The third-order valence-corrected chi connectivity index (χ3v) is 8.03. The number of carboxylic acid groups (broad SMARTS) is 1. The van der Waals surface area contributed by atoms with E-state index in [-0.39, 0.29) is 11.4 Å². The number of nitrogens with zero attached hydrogens (tertiary/aromatic N) is 2. The van der Waals surface area contributed by atoms with Crippen LogP contribution in [0.3, 0.4) is 0 Å². The van der Waals surface area contributed by atoms with Gasteiger partial charge in [0.25, 0.3) is 0 Å². The maximum absolute atomic E-state index is 13.1. The van der Waals surface area contributed by atoms with Crippen molar-refractivity contribution in [3.63, 3.8) is 0 Å². The number of benzene rings is 2. The summed E-state index contributed by atoms with van der Waals surface area (Å²) < 4.78 is 27.3. The molecule has 1 saturated heterocycles. The Hall–Kier alpha value is -2.16. The SMILES string of the molecule is CN(C)c1cccc2c(S(=O)(=O)N3CCCC3C(=O)O)cccc12.NC1CCCCC1. The Morgan fingerprint density at radius 1 is 1.00 bits per heavy atom. The number of carboxylic acids is 1. The topological polar surface area (TPSA) is 104 Å². The van der Waals surface area contributed by atoms with Crippen LogP contribution in [-0.4, -0.2) is 56.5 Å². The lowest BCUT2D eigenvalue weighted by molar-refractivity contribution is -0.140. The molecule has 170 valence electrons. The van der Waals surface area contributed by atoms with Gasteiger partial charge < -0.3 is 15.7 Å². The molecule has 3 N–H and O–H groups in total. The van der Waals surface area contributed by atoms with Crippen molar-refractivity contribution in [1.29, 1.82) is 0 Å². The number of sulfonamides is 1. The van der Waals surface area contributed by atoms with E-state index in [9.17, 15) is 18.3 Å². The quantitative estimate of drug-likeness (QED) is 0.744. The van der Waals surface area contributed by atoms with Gasteiger partial charge in [0.15, 0.2) is 0 Å². The third-order valence-electron chi connectivity index (χ3n) is 6.07. The van der Waals surface area contributed by atoms with E-state index in [4.69, 9.17) is 5.73 Å². The summed E-state index contributed by atoms with van der Waals surface area (Å²) >= 11 is 0. The van der Waals surface area contributed by atoms with E-state index in [0.29, 0.717) is 24.3 Å². The van der Waals surface area contributed by atoms with Crippen molar-refractivity contribution < 1.29 is 18.3 Å². The van der Waals surface area contributed by atoms with Gasteiger partial charge in [-0.3, -0.25) is 4.79 Å². The Kier molecular flexibility index (Phi) is 7.56. The zero-order chi connectivity index (χ0) is 22.6. The molecular weight excluding hydrogens is 414 g/mol. The Labute approximate surface area is 184 Å². The van der Waals surface area contributed by atoms with Crippen LogP contribution in [0.2, 0.25) is 0 Å². The predicted molar refractivity (Wildman–Crippen MR) is 124 cm³/mol. The molecule has 1 unspecified atom stereocenters. The van der Waals surface area contributed by atoms with Gasteiger partial charge in [-0.25, -0.2) is 8.42 Å². The molecule has 31 heavy (non-hydrogen) atoms. The number of anilines is 1. The molecule has 2 aromatic carbocycles. The van der Waals surface area contributed by atoms with E-state index in [2.05, 4.69) is 0 Å².